The van der Waals surface area contributed by atoms with Crippen LogP contribution in [-0.2, 0) is 19.1 Å². The van der Waals surface area contributed by atoms with Crippen molar-refractivity contribution in [3.8, 4) is 0 Å². The fourth-order valence-electron chi connectivity index (χ4n) is 6.23. The Labute approximate surface area is 152 Å². The van der Waals surface area contributed by atoms with Gasteiger partial charge in [0.05, 0.1) is 5.92 Å². The quantitative estimate of drug-likeness (QED) is 0.668. The van der Waals surface area contributed by atoms with Gasteiger partial charge in [0.1, 0.15) is 6.10 Å². The highest BCUT2D eigenvalue weighted by molar-refractivity contribution is 5.77. The normalized spacial score (nSPS) is 40.2. The molecule has 6 unspecified atom stereocenters. The first-order valence-electron chi connectivity index (χ1n) is 10.1. The van der Waals surface area contributed by atoms with E-state index in [9.17, 15) is 9.59 Å². The summed E-state index contributed by atoms with van der Waals surface area (Å²) in [6, 6.07) is 0. The maximum absolute atomic E-state index is 12.4. The highest BCUT2D eigenvalue weighted by Gasteiger charge is 2.63. The molecule has 4 aliphatic rings. The molecular weight excluding hydrogens is 316 g/mol. The lowest BCUT2D eigenvalue weighted by Gasteiger charge is -2.65. The maximum Gasteiger partial charge on any atom is 0.344 e. The molecule has 0 spiro atoms. The smallest absolute Gasteiger partial charge is 0.344 e. The van der Waals surface area contributed by atoms with E-state index in [0.29, 0.717) is 17.3 Å². The number of carbonyl (C=O) groups is 2. The Kier molecular flexibility index (Phi) is 4.93. The van der Waals surface area contributed by atoms with Crippen LogP contribution in [0.1, 0.15) is 73.1 Å². The van der Waals surface area contributed by atoms with Crippen molar-refractivity contribution in [2.24, 2.45) is 34.5 Å². The monoisotopic (exact) mass is 350 g/mol. The van der Waals surface area contributed by atoms with Crippen LogP contribution in [0.5, 0.6) is 0 Å². The van der Waals surface area contributed by atoms with E-state index in [1.165, 1.54) is 25.7 Å². The fourth-order valence-corrected chi connectivity index (χ4v) is 6.23. The molecule has 0 heterocycles. The van der Waals surface area contributed by atoms with Gasteiger partial charge in [-0.1, -0.05) is 34.6 Å². The number of esters is 2. The summed E-state index contributed by atoms with van der Waals surface area (Å²) in [6.07, 6.45) is 6.75. The second kappa shape index (κ2) is 6.59. The third-order valence-electron chi connectivity index (χ3n) is 7.35. The van der Waals surface area contributed by atoms with Gasteiger partial charge in [-0.2, -0.15) is 0 Å². The molecule has 4 fully saturated rings. The van der Waals surface area contributed by atoms with Crippen LogP contribution in [0.25, 0.3) is 0 Å². The molecule has 4 nitrogen and oxygen atoms in total. The molecule has 0 saturated heterocycles. The lowest BCUT2D eigenvalue weighted by Crippen LogP contribution is -2.62. The Balaban J connectivity index is 1.67. The third kappa shape index (κ3) is 3.33. The van der Waals surface area contributed by atoms with Crippen molar-refractivity contribution in [2.45, 2.75) is 79.2 Å². The summed E-state index contributed by atoms with van der Waals surface area (Å²) in [6.45, 7) is 10.5. The molecule has 4 aliphatic carbocycles. The molecular formula is C21H34O4. The van der Waals surface area contributed by atoms with Crippen LogP contribution >= 0.6 is 0 Å². The van der Waals surface area contributed by atoms with Crippen molar-refractivity contribution in [3.63, 3.8) is 0 Å². The number of hydrogen-bond acceptors (Lipinski definition) is 4. The predicted octanol–water partition coefficient (Wildman–Crippen LogP) is 4.36. The lowest BCUT2D eigenvalue weighted by molar-refractivity contribution is -0.224. The Morgan fingerprint density at radius 3 is 2.48 bits per heavy atom. The van der Waals surface area contributed by atoms with Crippen molar-refractivity contribution in [2.75, 3.05) is 6.61 Å². The first kappa shape index (κ1) is 18.7. The number of carbonyl (C=O) groups excluding carboxylic acids is 2. The molecule has 0 aliphatic heterocycles. The summed E-state index contributed by atoms with van der Waals surface area (Å²) in [5.74, 6) is 0.907. The second-order valence-electron chi connectivity index (χ2n) is 9.68. The van der Waals surface area contributed by atoms with Crippen molar-refractivity contribution < 1.29 is 19.1 Å². The van der Waals surface area contributed by atoms with Gasteiger partial charge in [0, 0.05) is 5.41 Å². The highest BCUT2D eigenvalue weighted by Crippen LogP contribution is 2.67. The van der Waals surface area contributed by atoms with Crippen LogP contribution in [0.4, 0.5) is 0 Å². The Bertz CT molecular complexity index is 542. The number of hydrogen-bond donors (Lipinski definition) is 0. The number of rotatable bonds is 6. The van der Waals surface area contributed by atoms with Crippen molar-refractivity contribution in [1.82, 2.24) is 0 Å². The summed E-state index contributed by atoms with van der Waals surface area (Å²) in [4.78, 5) is 24.2. The van der Waals surface area contributed by atoms with Gasteiger partial charge in [-0.25, -0.2) is 4.79 Å². The summed E-state index contributed by atoms with van der Waals surface area (Å²) < 4.78 is 11.1. The van der Waals surface area contributed by atoms with E-state index in [1.54, 1.807) is 0 Å². The van der Waals surface area contributed by atoms with Gasteiger partial charge in [0.25, 0.3) is 0 Å². The predicted molar refractivity (Wildman–Crippen MR) is 95.7 cm³/mol. The van der Waals surface area contributed by atoms with Crippen LogP contribution in [0.15, 0.2) is 0 Å². The molecule has 4 saturated carbocycles. The summed E-state index contributed by atoms with van der Waals surface area (Å²) in [5, 5.41) is 0. The first-order chi connectivity index (χ1) is 11.7. The molecule has 142 valence electrons. The summed E-state index contributed by atoms with van der Waals surface area (Å²) in [5.41, 5.74) is 0.525. The minimum Gasteiger partial charge on any atom is -0.459 e. The largest absolute Gasteiger partial charge is 0.459 e. The minimum atomic E-state index is -0.376. The molecule has 4 bridgehead atoms. The molecule has 0 aromatic rings. The Hall–Kier alpha value is -1.06. The van der Waals surface area contributed by atoms with Gasteiger partial charge < -0.3 is 9.47 Å². The van der Waals surface area contributed by atoms with Crippen LogP contribution in [0.3, 0.4) is 0 Å². The molecule has 4 rings (SSSR count). The Morgan fingerprint density at radius 1 is 1.16 bits per heavy atom. The molecule has 4 heteroatoms. The molecule has 0 radical (unpaired) electrons. The van der Waals surface area contributed by atoms with Gasteiger partial charge in [-0.3, -0.25) is 4.79 Å². The first-order valence-corrected chi connectivity index (χ1v) is 10.1. The standard InChI is InChI=1S/C21H34O4/c1-6-14(4)19(23)24-11-17(22)25-18-16-7-15-8-20(5,10-16)12-21(18,9-15)13(2)3/h13-16,18H,6-12H2,1-5H3. The van der Waals surface area contributed by atoms with Crippen LogP contribution < -0.4 is 0 Å². The lowest BCUT2D eigenvalue weighted by atomic mass is 9.41. The van der Waals surface area contributed by atoms with Crippen molar-refractivity contribution in [1.29, 1.82) is 0 Å². The molecule has 0 aromatic heterocycles. The third-order valence-corrected chi connectivity index (χ3v) is 7.35. The van der Waals surface area contributed by atoms with E-state index in [2.05, 4.69) is 20.8 Å². The molecule has 0 amide bonds. The summed E-state index contributed by atoms with van der Waals surface area (Å²) >= 11 is 0. The topological polar surface area (TPSA) is 52.6 Å². The van der Waals surface area contributed by atoms with E-state index in [-0.39, 0.29) is 36.0 Å². The van der Waals surface area contributed by atoms with Gasteiger partial charge in [-0.05, 0) is 61.7 Å². The van der Waals surface area contributed by atoms with Crippen LogP contribution in [0, 0.1) is 34.5 Å². The second-order valence-corrected chi connectivity index (χ2v) is 9.68. The molecule has 0 aromatic carbocycles. The van der Waals surface area contributed by atoms with Crippen molar-refractivity contribution in [3.05, 3.63) is 0 Å². The van der Waals surface area contributed by atoms with E-state index in [0.717, 1.165) is 18.8 Å². The highest BCUT2D eigenvalue weighted by atomic mass is 16.6. The van der Waals surface area contributed by atoms with Gasteiger partial charge >= 0.3 is 11.9 Å². The van der Waals surface area contributed by atoms with Gasteiger partial charge in [0.2, 0.25) is 0 Å². The average Bonchev–Trinajstić information content (AvgIpc) is 2.53. The van der Waals surface area contributed by atoms with Gasteiger partial charge in [-0.15, -0.1) is 0 Å². The van der Waals surface area contributed by atoms with Crippen molar-refractivity contribution >= 4 is 11.9 Å². The molecule has 25 heavy (non-hydrogen) atoms. The van der Waals surface area contributed by atoms with E-state index in [1.807, 2.05) is 13.8 Å². The molecule has 6 atom stereocenters. The zero-order valence-corrected chi connectivity index (χ0v) is 16.5. The van der Waals surface area contributed by atoms with E-state index < -0.39 is 0 Å². The van der Waals surface area contributed by atoms with Crippen LogP contribution in [-0.4, -0.2) is 24.6 Å². The maximum atomic E-state index is 12.4. The minimum absolute atomic E-state index is 0.00748. The van der Waals surface area contributed by atoms with Crippen LogP contribution in [0.2, 0.25) is 0 Å². The molecule has 0 N–H and O–H groups in total. The van der Waals surface area contributed by atoms with E-state index >= 15 is 0 Å². The zero-order chi connectivity index (χ0) is 18.4. The van der Waals surface area contributed by atoms with E-state index in [4.69, 9.17) is 9.47 Å². The average molecular weight is 350 g/mol. The fraction of sp³-hybridized carbons (Fsp3) is 0.905. The number of ether oxygens (including phenoxy) is 2. The Morgan fingerprint density at radius 2 is 1.88 bits per heavy atom. The zero-order valence-electron chi connectivity index (χ0n) is 16.5. The summed E-state index contributed by atoms with van der Waals surface area (Å²) in [7, 11) is 0. The van der Waals surface area contributed by atoms with Gasteiger partial charge in [0.15, 0.2) is 6.61 Å². The SMILES string of the molecule is CCC(C)C(=O)OCC(=O)OC1C2CC3CC(C)(C2)CC1(C(C)C)C3.